The molecule has 1 heterocycles. The Balaban J connectivity index is 0.00000408. The van der Waals surface area contributed by atoms with Crippen molar-refractivity contribution in [3.63, 3.8) is 0 Å². The normalized spacial score (nSPS) is 17.2. The highest BCUT2D eigenvalue weighted by molar-refractivity contribution is 5.85. The lowest BCUT2D eigenvalue weighted by atomic mass is 9.80. The van der Waals surface area contributed by atoms with Gasteiger partial charge in [-0.05, 0) is 59.6 Å². The molecule has 2 aromatic carbocycles. The highest BCUT2D eigenvalue weighted by Gasteiger charge is 2.33. The molecule has 1 aliphatic rings. The maximum atomic E-state index is 13.7. The second-order valence-corrected chi connectivity index (χ2v) is 10.1. The van der Waals surface area contributed by atoms with Crippen LogP contribution in [0.2, 0.25) is 0 Å². The fourth-order valence-electron chi connectivity index (χ4n) is 4.64. The summed E-state index contributed by atoms with van der Waals surface area (Å²) >= 11 is 0. The first kappa shape index (κ1) is 28.0. The smallest absolute Gasteiger partial charge is 0.217 e. The molecule has 3 rings (SSSR count). The average molecular weight is 497 g/mol. The van der Waals surface area contributed by atoms with Crippen molar-refractivity contribution in [2.75, 3.05) is 7.11 Å². The molecule has 0 fully saturated rings. The van der Waals surface area contributed by atoms with Crippen LogP contribution in [0.15, 0.2) is 30.3 Å². The third kappa shape index (κ3) is 7.14. The molecule has 1 aliphatic heterocycles. The Morgan fingerprint density at radius 1 is 1.21 bits per heavy atom. The summed E-state index contributed by atoms with van der Waals surface area (Å²) in [4.78, 5) is 11.9. The highest BCUT2D eigenvalue weighted by Crippen LogP contribution is 2.34. The molecule has 188 valence electrons. The van der Waals surface area contributed by atoms with Crippen LogP contribution >= 0.6 is 12.4 Å². The number of carbonyl (C=O) groups excluding carboxylic acids is 1. The molecule has 0 saturated carbocycles. The number of fused-ring (bicyclic) bond motifs is 1. The number of aliphatic hydroxyl groups excluding tert-OH is 1. The van der Waals surface area contributed by atoms with Gasteiger partial charge in [-0.1, -0.05) is 26.8 Å². The number of rotatable bonds is 7. The van der Waals surface area contributed by atoms with Gasteiger partial charge in [-0.25, -0.2) is 8.78 Å². The number of hydrogen-bond acceptors (Lipinski definition) is 4. The minimum Gasteiger partial charge on any atom is -0.496 e. The lowest BCUT2D eigenvalue weighted by molar-refractivity contribution is -0.120. The van der Waals surface area contributed by atoms with Gasteiger partial charge in [0.25, 0.3) is 0 Å². The van der Waals surface area contributed by atoms with Gasteiger partial charge in [-0.2, -0.15) is 0 Å². The second-order valence-electron chi connectivity index (χ2n) is 10.1. The summed E-state index contributed by atoms with van der Waals surface area (Å²) in [5.41, 5.74) is 3.88. The molecule has 0 unspecified atom stereocenters. The first-order valence-electron chi connectivity index (χ1n) is 11.3. The number of methoxy groups -OCH3 is 1. The van der Waals surface area contributed by atoms with Crippen LogP contribution in [0.1, 0.15) is 49.9 Å². The van der Waals surface area contributed by atoms with E-state index in [1.165, 1.54) is 24.6 Å². The van der Waals surface area contributed by atoms with Crippen molar-refractivity contribution in [1.82, 2.24) is 10.6 Å². The van der Waals surface area contributed by atoms with E-state index in [-0.39, 0.29) is 36.2 Å². The summed E-state index contributed by atoms with van der Waals surface area (Å²) in [6, 6.07) is 6.26. The van der Waals surface area contributed by atoms with E-state index in [4.69, 9.17) is 4.74 Å². The molecule has 2 aromatic rings. The number of hydrogen-bond donors (Lipinski definition) is 3. The fraction of sp³-hybridized carbons (Fsp3) is 0.500. The van der Waals surface area contributed by atoms with Crippen molar-refractivity contribution in [2.24, 2.45) is 5.41 Å². The Morgan fingerprint density at radius 3 is 2.41 bits per heavy atom. The van der Waals surface area contributed by atoms with Gasteiger partial charge in [-0.15, -0.1) is 12.4 Å². The molecule has 0 spiro atoms. The van der Waals surface area contributed by atoms with E-state index in [0.29, 0.717) is 18.5 Å². The standard InChI is InChI=1S/C26H34F2N2O3.ClH/c1-15(31)30-23(10-16-8-18(27)11-19(28)9-16)25(32)22-12-20-17(13-26(2,3)4)6-7-24(33-5)21(20)14-29-22;/h6-9,11,22-23,25,29,32H,10,12-14H2,1-5H3,(H,30,31);1H/t22-,23+,25-;/m1./s1. The predicted molar refractivity (Wildman–Crippen MR) is 131 cm³/mol. The SMILES string of the molecule is COc1ccc(CC(C)(C)C)c2c1CN[C@@H]([C@@H](O)[C@H](Cc1cc(F)cc(F)c1)NC(C)=O)C2.Cl. The summed E-state index contributed by atoms with van der Waals surface area (Å²) < 4.78 is 33.0. The Kier molecular flexibility index (Phi) is 9.45. The summed E-state index contributed by atoms with van der Waals surface area (Å²) in [7, 11) is 1.64. The van der Waals surface area contributed by atoms with E-state index in [9.17, 15) is 18.7 Å². The third-order valence-electron chi connectivity index (χ3n) is 5.98. The van der Waals surface area contributed by atoms with Crippen molar-refractivity contribution in [1.29, 1.82) is 0 Å². The fourth-order valence-corrected chi connectivity index (χ4v) is 4.64. The predicted octanol–water partition coefficient (Wildman–Crippen LogP) is 4.11. The van der Waals surface area contributed by atoms with Crippen LogP contribution in [0.4, 0.5) is 8.78 Å². The molecule has 5 nitrogen and oxygen atoms in total. The van der Waals surface area contributed by atoms with Crippen molar-refractivity contribution >= 4 is 18.3 Å². The van der Waals surface area contributed by atoms with Crippen molar-refractivity contribution < 1.29 is 23.4 Å². The van der Waals surface area contributed by atoms with Crippen molar-refractivity contribution in [3.05, 3.63) is 64.2 Å². The molecule has 0 aliphatic carbocycles. The Hall–Kier alpha value is -2.22. The van der Waals surface area contributed by atoms with E-state index in [1.807, 2.05) is 6.07 Å². The Morgan fingerprint density at radius 2 is 1.85 bits per heavy atom. The molecule has 8 heteroatoms. The first-order chi connectivity index (χ1) is 15.5. The largest absolute Gasteiger partial charge is 0.496 e. The molecule has 3 N–H and O–H groups in total. The molecule has 0 radical (unpaired) electrons. The number of aliphatic hydroxyl groups is 1. The average Bonchev–Trinajstić information content (AvgIpc) is 2.70. The van der Waals surface area contributed by atoms with E-state index < -0.39 is 23.8 Å². The Bertz CT molecular complexity index is 990. The summed E-state index contributed by atoms with van der Waals surface area (Å²) in [5, 5.41) is 17.4. The minimum atomic E-state index is -0.970. The van der Waals surface area contributed by atoms with E-state index >= 15 is 0 Å². The van der Waals surface area contributed by atoms with Gasteiger partial charge >= 0.3 is 0 Å². The summed E-state index contributed by atoms with van der Waals surface area (Å²) in [5.74, 6) is -0.895. The number of benzene rings is 2. The molecule has 1 amide bonds. The van der Waals surface area contributed by atoms with Crippen molar-refractivity contribution in [2.45, 2.75) is 71.7 Å². The quantitative estimate of drug-likeness (QED) is 0.539. The molecule has 3 atom stereocenters. The lowest BCUT2D eigenvalue weighted by Crippen LogP contribution is -2.55. The summed E-state index contributed by atoms with van der Waals surface area (Å²) in [6.07, 6.45) is 0.557. The number of nitrogens with one attached hydrogen (secondary N) is 2. The van der Waals surface area contributed by atoms with E-state index in [2.05, 4.69) is 37.5 Å². The van der Waals surface area contributed by atoms with Crippen molar-refractivity contribution in [3.8, 4) is 5.75 Å². The third-order valence-corrected chi connectivity index (χ3v) is 5.98. The second kappa shape index (κ2) is 11.5. The van der Waals surface area contributed by atoms with Crippen LogP contribution in [0.25, 0.3) is 0 Å². The lowest BCUT2D eigenvalue weighted by Gasteiger charge is -2.36. The van der Waals surface area contributed by atoms with E-state index in [0.717, 1.165) is 29.4 Å². The minimum absolute atomic E-state index is 0. The van der Waals surface area contributed by atoms with Gasteiger partial charge in [0.1, 0.15) is 17.4 Å². The van der Waals surface area contributed by atoms with Gasteiger partial charge in [0.15, 0.2) is 0 Å². The number of carbonyl (C=O) groups is 1. The van der Waals surface area contributed by atoms with Crippen LogP contribution in [0.3, 0.4) is 0 Å². The summed E-state index contributed by atoms with van der Waals surface area (Å²) in [6.45, 7) is 8.42. The monoisotopic (exact) mass is 496 g/mol. The van der Waals surface area contributed by atoms with Crippen LogP contribution in [0, 0.1) is 17.0 Å². The van der Waals surface area contributed by atoms with Crippen LogP contribution < -0.4 is 15.4 Å². The first-order valence-corrected chi connectivity index (χ1v) is 11.3. The zero-order valence-electron chi connectivity index (χ0n) is 20.4. The maximum absolute atomic E-state index is 13.7. The zero-order chi connectivity index (χ0) is 24.3. The van der Waals surface area contributed by atoms with Gasteiger partial charge in [-0.3, -0.25) is 4.79 Å². The van der Waals surface area contributed by atoms with Gasteiger partial charge in [0.05, 0.1) is 19.3 Å². The zero-order valence-corrected chi connectivity index (χ0v) is 21.2. The van der Waals surface area contributed by atoms with Crippen LogP contribution in [-0.2, 0) is 30.6 Å². The molecule has 0 bridgehead atoms. The van der Waals surface area contributed by atoms with E-state index in [1.54, 1.807) is 7.11 Å². The molecular formula is C26H35ClF2N2O3. The number of amides is 1. The molecular weight excluding hydrogens is 462 g/mol. The molecule has 0 aromatic heterocycles. The van der Waals surface area contributed by atoms with Crippen LogP contribution in [0.5, 0.6) is 5.75 Å². The molecule has 0 saturated heterocycles. The highest BCUT2D eigenvalue weighted by atomic mass is 35.5. The van der Waals surface area contributed by atoms with Gasteiger partial charge in [0, 0.05) is 31.1 Å². The maximum Gasteiger partial charge on any atom is 0.217 e. The van der Waals surface area contributed by atoms with Crippen LogP contribution in [-0.4, -0.2) is 36.3 Å². The topological polar surface area (TPSA) is 70.6 Å². The Labute approximate surface area is 206 Å². The van der Waals surface area contributed by atoms with Gasteiger partial charge < -0.3 is 20.5 Å². The van der Waals surface area contributed by atoms with Gasteiger partial charge in [0.2, 0.25) is 5.91 Å². The number of ether oxygens (including phenoxy) is 1. The molecule has 34 heavy (non-hydrogen) atoms. The number of halogens is 3.